The summed E-state index contributed by atoms with van der Waals surface area (Å²) in [6, 6.07) is 22.6. The number of rotatable bonds is 6. The molecule has 0 aliphatic rings. The average molecular weight is 517 g/mol. The van der Waals surface area contributed by atoms with Gasteiger partial charge in [0.2, 0.25) is 11.3 Å². The number of nitrogens with one attached hydrogen (secondary N) is 3. The fourth-order valence-electron chi connectivity index (χ4n) is 4.38. The highest BCUT2D eigenvalue weighted by atomic mass is 35.5. The van der Waals surface area contributed by atoms with E-state index in [9.17, 15) is 24.3 Å². The van der Waals surface area contributed by atoms with Crippen LogP contribution in [0.25, 0.3) is 21.8 Å². The molecule has 186 valence electrons. The molecule has 0 aliphatic carbocycles. The SMILES string of the molecule is O=C(NC(O)Cn1[nH]c(=O)c2[nH]c3cc(Cl)ccc3c(=O)c2c1=O)C(c1ccccc1)c1ccccc1. The van der Waals surface area contributed by atoms with Crippen molar-refractivity contribution in [2.24, 2.45) is 0 Å². The fraction of sp³-hybridized carbons (Fsp3) is 0.111. The van der Waals surface area contributed by atoms with Crippen molar-refractivity contribution in [3.8, 4) is 0 Å². The van der Waals surface area contributed by atoms with E-state index < -0.39 is 41.1 Å². The molecule has 0 saturated heterocycles. The van der Waals surface area contributed by atoms with Gasteiger partial charge in [-0.3, -0.25) is 24.3 Å². The monoisotopic (exact) mass is 516 g/mol. The fourth-order valence-corrected chi connectivity index (χ4v) is 4.55. The molecule has 2 aromatic heterocycles. The number of aliphatic hydroxyl groups is 1. The van der Waals surface area contributed by atoms with Crippen molar-refractivity contribution in [1.82, 2.24) is 20.1 Å². The van der Waals surface area contributed by atoms with Crippen LogP contribution >= 0.6 is 11.6 Å². The predicted molar refractivity (Wildman–Crippen MR) is 141 cm³/mol. The zero-order chi connectivity index (χ0) is 26.1. The smallest absolute Gasteiger partial charge is 0.287 e. The minimum Gasteiger partial charge on any atom is -0.372 e. The summed E-state index contributed by atoms with van der Waals surface area (Å²) >= 11 is 5.98. The molecule has 37 heavy (non-hydrogen) atoms. The number of nitrogens with zero attached hydrogens (tertiary/aromatic N) is 1. The lowest BCUT2D eigenvalue weighted by Crippen LogP contribution is -2.44. The number of hydrogen-bond donors (Lipinski definition) is 4. The minimum atomic E-state index is -1.54. The number of carbonyl (C=O) groups is 1. The molecule has 0 aliphatic heterocycles. The highest BCUT2D eigenvalue weighted by molar-refractivity contribution is 6.31. The highest BCUT2D eigenvalue weighted by Crippen LogP contribution is 2.25. The zero-order valence-electron chi connectivity index (χ0n) is 19.3. The molecule has 10 heteroatoms. The van der Waals surface area contributed by atoms with Gasteiger partial charge >= 0.3 is 0 Å². The van der Waals surface area contributed by atoms with Gasteiger partial charge in [0.1, 0.15) is 17.1 Å². The zero-order valence-corrected chi connectivity index (χ0v) is 20.0. The summed E-state index contributed by atoms with van der Waals surface area (Å²) in [4.78, 5) is 54.9. The molecule has 0 bridgehead atoms. The van der Waals surface area contributed by atoms with E-state index in [1.807, 2.05) is 36.4 Å². The Bertz CT molecular complexity index is 1760. The van der Waals surface area contributed by atoms with Crippen molar-refractivity contribution in [3.05, 3.63) is 126 Å². The number of benzene rings is 3. The number of pyridine rings is 1. The Morgan fingerprint density at radius 3 is 2.19 bits per heavy atom. The maximum absolute atomic E-state index is 13.2. The van der Waals surface area contributed by atoms with Crippen LogP contribution in [0.1, 0.15) is 17.0 Å². The summed E-state index contributed by atoms with van der Waals surface area (Å²) in [5.41, 5.74) is -0.652. The van der Waals surface area contributed by atoms with Crippen molar-refractivity contribution in [2.75, 3.05) is 0 Å². The maximum Gasteiger partial charge on any atom is 0.287 e. The second kappa shape index (κ2) is 9.88. The number of aromatic nitrogens is 3. The Morgan fingerprint density at radius 2 is 1.57 bits per heavy atom. The van der Waals surface area contributed by atoms with Gasteiger partial charge in [-0.05, 0) is 29.3 Å². The number of fused-ring (bicyclic) bond motifs is 2. The Morgan fingerprint density at radius 1 is 0.946 bits per heavy atom. The van der Waals surface area contributed by atoms with Crippen molar-refractivity contribution >= 4 is 39.3 Å². The maximum atomic E-state index is 13.2. The lowest BCUT2D eigenvalue weighted by atomic mass is 9.90. The van der Waals surface area contributed by atoms with E-state index in [1.165, 1.54) is 18.2 Å². The first-order valence-corrected chi connectivity index (χ1v) is 11.8. The largest absolute Gasteiger partial charge is 0.372 e. The van der Waals surface area contributed by atoms with Gasteiger partial charge < -0.3 is 15.4 Å². The second-order valence-electron chi connectivity index (χ2n) is 8.53. The molecule has 0 radical (unpaired) electrons. The third-order valence-corrected chi connectivity index (χ3v) is 6.31. The van der Waals surface area contributed by atoms with Gasteiger partial charge in [-0.2, -0.15) is 0 Å². The molecular formula is C27H21ClN4O5. The average Bonchev–Trinajstić information content (AvgIpc) is 2.88. The summed E-state index contributed by atoms with van der Waals surface area (Å²) in [6.07, 6.45) is -1.54. The normalized spacial score (nSPS) is 12.2. The highest BCUT2D eigenvalue weighted by Gasteiger charge is 2.25. The Balaban J connectivity index is 1.47. The molecule has 1 amide bonds. The molecule has 0 fully saturated rings. The third kappa shape index (κ3) is 4.69. The van der Waals surface area contributed by atoms with Crippen LogP contribution in [0, 0.1) is 0 Å². The summed E-state index contributed by atoms with van der Waals surface area (Å²) < 4.78 is 0.812. The van der Waals surface area contributed by atoms with E-state index in [0.717, 1.165) is 4.68 Å². The van der Waals surface area contributed by atoms with Crippen molar-refractivity contribution < 1.29 is 9.90 Å². The number of hydrogen-bond acceptors (Lipinski definition) is 5. The number of halogens is 1. The molecule has 0 saturated carbocycles. The first-order valence-electron chi connectivity index (χ1n) is 11.4. The Kier molecular flexibility index (Phi) is 6.47. The van der Waals surface area contributed by atoms with Crippen LogP contribution in [-0.4, -0.2) is 32.0 Å². The molecule has 1 unspecified atom stereocenters. The van der Waals surface area contributed by atoms with Crippen molar-refractivity contribution in [2.45, 2.75) is 18.7 Å². The van der Waals surface area contributed by atoms with E-state index in [0.29, 0.717) is 21.7 Å². The van der Waals surface area contributed by atoms with Gasteiger partial charge in [-0.1, -0.05) is 72.3 Å². The van der Waals surface area contributed by atoms with Crippen LogP contribution in [0.2, 0.25) is 5.02 Å². The Labute approximate surface area is 213 Å². The Hall–Kier alpha value is -4.47. The van der Waals surface area contributed by atoms with Crippen LogP contribution < -0.4 is 21.9 Å². The topological polar surface area (TPSA) is 137 Å². The molecule has 1 atom stereocenters. The molecule has 4 N–H and O–H groups in total. The number of carbonyl (C=O) groups excluding carboxylic acids is 1. The molecule has 9 nitrogen and oxygen atoms in total. The standard InChI is InChI=1S/C27H21ClN4O5/c28-17-11-12-18-19(13-17)29-23-22(24(18)34)27(37)32(31-26(23)36)14-20(33)30-25(35)21(15-7-3-1-4-8-15)16-9-5-2-6-10-16/h1-13,20-21,33H,14H2,(H,29,34)(H,30,35)(H,31,36). The van der Waals surface area contributed by atoms with E-state index in [1.54, 1.807) is 24.3 Å². The number of H-pyrrole nitrogens is 2. The number of aliphatic hydroxyl groups excluding tert-OH is 1. The van der Waals surface area contributed by atoms with E-state index in [4.69, 9.17) is 11.6 Å². The van der Waals surface area contributed by atoms with E-state index in [-0.39, 0.29) is 16.3 Å². The molecule has 0 spiro atoms. The first kappa shape index (κ1) is 24.2. The van der Waals surface area contributed by atoms with Gasteiger partial charge in [0.15, 0.2) is 0 Å². The molecule has 2 heterocycles. The van der Waals surface area contributed by atoms with Crippen molar-refractivity contribution in [1.29, 1.82) is 0 Å². The van der Waals surface area contributed by atoms with Gasteiger partial charge in [-0.15, -0.1) is 0 Å². The minimum absolute atomic E-state index is 0.188. The predicted octanol–water partition coefficient (Wildman–Crippen LogP) is 2.45. The van der Waals surface area contributed by atoms with Crippen LogP contribution in [-0.2, 0) is 11.3 Å². The van der Waals surface area contributed by atoms with Crippen LogP contribution in [0.3, 0.4) is 0 Å². The molecule has 3 aromatic carbocycles. The van der Waals surface area contributed by atoms with Crippen LogP contribution in [0.5, 0.6) is 0 Å². The van der Waals surface area contributed by atoms with Crippen molar-refractivity contribution in [3.63, 3.8) is 0 Å². The summed E-state index contributed by atoms with van der Waals surface area (Å²) in [5, 5.41) is 15.7. The summed E-state index contributed by atoms with van der Waals surface area (Å²) in [7, 11) is 0. The van der Waals surface area contributed by atoms with E-state index in [2.05, 4.69) is 15.4 Å². The number of aromatic amines is 2. The van der Waals surface area contributed by atoms with Gasteiger partial charge in [-0.25, -0.2) is 4.68 Å². The lowest BCUT2D eigenvalue weighted by Gasteiger charge is -2.21. The van der Waals surface area contributed by atoms with Gasteiger partial charge in [0.05, 0.1) is 18.0 Å². The summed E-state index contributed by atoms with van der Waals surface area (Å²) in [5.74, 6) is -1.22. The quantitative estimate of drug-likeness (QED) is 0.203. The first-order chi connectivity index (χ1) is 17.8. The van der Waals surface area contributed by atoms with Crippen LogP contribution in [0.4, 0.5) is 0 Å². The van der Waals surface area contributed by atoms with E-state index >= 15 is 0 Å². The molecular weight excluding hydrogens is 496 g/mol. The summed E-state index contributed by atoms with van der Waals surface area (Å²) in [6.45, 7) is -0.482. The van der Waals surface area contributed by atoms with Gasteiger partial charge in [0.25, 0.3) is 11.1 Å². The van der Waals surface area contributed by atoms with Gasteiger partial charge in [0, 0.05) is 10.4 Å². The number of amides is 1. The van der Waals surface area contributed by atoms with Crippen LogP contribution in [0.15, 0.2) is 93.2 Å². The molecule has 5 aromatic rings. The third-order valence-electron chi connectivity index (χ3n) is 6.08. The lowest BCUT2D eigenvalue weighted by molar-refractivity contribution is -0.125. The molecule has 5 rings (SSSR count). The second-order valence-corrected chi connectivity index (χ2v) is 8.97.